The summed E-state index contributed by atoms with van der Waals surface area (Å²) in [6.45, 7) is 1.73. The van der Waals surface area contributed by atoms with E-state index in [9.17, 15) is 14.4 Å². The summed E-state index contributed by atoms with van der Waals surface area (Å²) in [7, 11) is 0. The summed E-state index contributed by atoms with van der Waals surface area (Å²) >= 11 is 0. The van der Waals surface area contributed by atoms with E-state index in [2.05, 4.69) is 34.9 Å². The maximum atomic E-state index is 12.5. The summed E-state index contributed by atoms with van der Waals surface area (Å²) in [6.07, 6.45) is -0.359. The number of nitrogens with one attached hydrogen (secondary N) is 2. The number of ether oxygens (including phenoxy) is 1. The number of rotatable bonds is 8. The summed E-state index contributed by atoms with van der Waals surface area (Å²) in [6, 6.07) is 23.5. The molecule has 0 heterocycles. The third-order valence-corrected chi connectivity index (χ3v) is 6.00. The van der Waals surface area contributed by atoms with E-state index < -0.39 is 18.6 Å². The maximum absolute atomic E-state index is 12.5. The van der Waals surface area contributed by atoms with Crippen molar-refractivity contribution in [3.8, 4) is 11.1 Å². The first-order chi connectivity index (χ1) is 16.4. The Labute approximate surface area is 197 Å². The molecule has 34 heavy (non-hydrogen) atoms. The van der Waals surface area contributed by atoms with E-state index in [4.69, 9.17) is 9.84 Å². The van der Waals surface area contributed by atoms with Gasteiger partial charge in [0.1, 0.15) is 13.2 Å². The molecule has 0 radical (unpaired) electrons. The highest BCUT2D eigenvalue weighted by molar-refractivity contribution is 5.85. The number of hydrogen-bond donors (Lipinski definition) is 3. The van der Waals surface area contributed by atoms with Gasteiger partial charge < -0.3 is 15.2 Å². The molecule has 4 rings (SSSR count). The van der Waals surface area contributed by atoms with Crippen molar-refractivity contribution in [2.45, 2.75) is 25.2 Å². The number of benzene rings is 3. The predicted octanol–water partition coefficient (Wildman–Crippen LogP) is 4.74. The molecule has 0 saturated heterocycles. The second kappa shape index (κ2) is 10.2. The van der Waals surface area contributed by atoms with E-state index >= 15 is 0 Å². The van der Waals surface area contributed by atoms with Gasteiger partial charge in [0.2, 0.25) is 5.91 Å². The highest BCUT2D eigenvalue weighted by Gasteiger charge is 2.29. The fraction of sp³-hybridized carbons (Fsp3) is 0.222. The lowest BCUT2D eigenvalue weighted by molar-refractivity contribution is -0.138. The van der Waals surface area contributed by atoms with Gasteiger partial charge in [0.15, 0.2) is 0 Å². The largest absolute Gasteiger partial charge is 0.480 e. The molecular formula is C27H26N2O5. The Morgan fingerprint density at radius 3 is 2.09 bits per heavy atom. The third kappa shape index (κ3) is 5.26. The number of fused-ring (bicyclic) bond motifs is 3. The van der Waals surface area contributed by atoms with Gasteiger partial charge in [-0.3, -0.25) is 14.9 Å². The van der Waals surface area contributed by atoms with E-state index in [1.165, 1.54) is 11.1 Å². The molecule has 7 nitrogen and oxygen atoms in total. The molecule has 0 saturated carbocycles. The van der Waals surface area contributed by atoms with Crippen LogP contribution in [0.4, 0.5) is 10.5 Å². The normalized spacial score (nSPS) is 12.9. The Hall–Kier alpha value is -4.13. The van der Waals surface area contributed by atoms with Gasteiger partial charge in [0.05, 0.1) is 0 Å². The van der Waals surface area contributed by atoms with Gasteiger partial charge in [-0.2, -0.15) is 0 Å². The van der Waals surface area contributed by atoms with Crippen LogP contribution in [-0.2, 0) is 14.3 Å². The minimum absolute atomic E-state index is 0.00588. The van der Waals surface area contributed by atoms with Gasteiger partial charge in [0, 0.05) is 18.0 Å². The molecule has 3 aromatic rings. The molecule has 0 aliphatic heterocycles. The molecule has 1 atom stereocenters. The van der Waals surface area contributed by atoms with Gasteiger partial charge in [-0.25, -0.2) is 4.79 Å². The number of carbonyl (C=O) groups is 3. The topological polar surface area (TPSA) is 105 Å². The van der Waals surface area contributed by atoms with Gasteiger partial charge in [-0.05, 0) is 45.9 Å². The van der Waals surface area contributed by atoms with E-state index in [0.717, 1.165) is 16.7 Å². The first kappa shape index (κ1) is 23.0. The second-order valence-electron chi connectivity index (χ2n) is 8.35. The number of carboxylic acids is 1. The molecule has 2 amide bonds. The van der Waals surface area contributed by atoms with Crippen LogP contribution in [-0.4, -0.2) is 36.2 Å². The third-order valence-electron chi connectivity index (χ3n) is 6.00. The number of anilines is 1. The van der Waals surface area contributed by atoms with Crippen LogP contribution in [0, 0.1) is 0 Å². The highest BCUT2D eigenvalue weighted by atomic mass is 16.5. The van der Waals surface area contributed by atoms with E-state index in [0.29, 0.717) is 5.69 Å². The van der Waals surface area contributed by atoms with Crippen LogP contribution in [0.15, 0.2) is 72.8 Å². The summed E-state index contributed by atoms with van der Waals surface area (Å²) in [5, 5.41) is 13.7. The van der Waals surface area contributed by atoms with Crippen LogP contribution in [0.25, 0.3) is 11.1 Å². The van der Waals surface area contributed by atoms with Gasteiger partial charge in [0.25, 0.3) is 0 Å². The molecule has 1 aliphatic carbocycles. The van der Waals surface area contributed by atoms with Crippen LogP contribution in [0.3, 0.4) is 0 Å². The Balaban J connectivity index is 1.32. The Bertz CT molecular complexity index is 1160. The minimum Gasteiger partial charge on any atom is -0.480 e. The molecule has 3 aromatic carbocycles. The Morgan fingerprint density at radius 2 is 1.50 bits per heavy atom. The van der Waals surface area contributed by atoms with Crippen LogP contribution >= 0.6 is 0 Å². The van der Waals surface area contributed by atoms with Crippen LogP contribution in [0.1, 0.15) is 41.9 Å². The Morgan fingerprint density at radius 1 is 0.912 bits per heavy atom. The van der Waals surface area contributed by atoms with Gasteiger partial charge >= 0.3 is 12.1 Å². The summed E-state index contributed by atoms with van der Waals surface area (Å²) in [5.41, 5.74) is 6.15. The number of aliphatic carboxylic acids is 1. The summed E-state index contributed by atoms with van der Waals surface area (Å²) < 4.78 is 5.57. The standard InChI is InChI=1S/C27H26N2O5/c1-17(14-25(30)28-15-26(31)32)18-10-12-19(13-11-18)29-27(33)34-16-24-22-8-4-2-6-20(22)21-7-3-5-9-23(21)24/h2-13,17,24H,14-16H2,1H3,(H,28,30)(H,29,33)(H,31,32). The summed E-state index contributed by atoms with van der Waals surface area (Å²) in [5.74, 6) is -1.51. The average Bonchev–Trinajstić information content (AvgIpc) is 3.15. The smallest absolute Gasteiger partial charge is 0.411 e. The minimum atomic E-state index is -1.08. The first-order valence-electron chi connectivity index (χ1n) is 11.1. The number of carbonyl (C=O) groups excluding carboxylic acids is 2. The van der Waals surface area contributed by atoms with E-state index in [1.807, 2.05) is 43.3 Å². The lowest BCUT2D eigenvalue weighted by Crippen LogP contribution is -2.29. The van der Waals surface area contributed by atoms with Crippen molar-refractivity contribution >= 4 is 23.7 Å². The monoisotopic (exact) mass is 458 g/mol. The van der Waals surface area contributed by atoms with Crippen molar-refractivity contribution in [2.24, 2.45) is 0 Å². The van der Waals surface area contributed by atoms with Crippen molar-refractivity contribution in [3.63, 3.8) is 0 Å². The van der Waals surface area contributed by atoms with Gasteiger partial charge in [-0.1, -0.05) is 67.6 Å². The van der Waals surface area contributed by atoms with Crippen LogP contribution in [0.5, 0.6) is 0 Å². The molecule has 1 unspecified atom stereocenters. The predicted molar refractivity (Wildman–Crippen MR) is 129 cm³/mol. The number of hydrogen-bond acceptors (Lipinski definition) is 4. The fourth-order valence-electron chi connectivity index (χ4n) is 4.29. The molecular weight excluding hydrogens is 432 g/mol. The highest BCUT2D eigenvalue weighted by Crippen LogP contribution is 2.44. The zero-order chi connectivity index (χ0) is 24.1. The maximum Gasteiger partial charge on any atom is 0.411 e. The van der Waals surface area contributed by atoms with E-state index in [-0.39, 0.29) is 30.8 Å². The molecule has 174 valence electrons. The summed E-state index contributed by atoms with van der Waals surface area (Å²) in [4.78, 5) is 34.8. The zero-order valence-corrected chi connectivity index (χ0v) is 18.8. The van der Waals surface area contributed by atoms with Crippen molar-refractivity contribution in [1.82, 2.24) is 5.32 Å². The SMILES string of the molecule is CC(CC(=O)NCC(=O)O)c1ccc(NC(=O)OCC2c3ccccc3-c3ccccc32)cc1. The second-order valence-corrected chi connectivity index (χ2v) is 8.35. The molecule has 1 aliphatic rings. The quantitative estimate of drug-likeness (QED) is 0.452. The lowest BCUT2D eigenvalue weighted by Gasteiger charge is -2.15. The van der Waals surface area contributed by atoms with Crippen molar-refractivity contribution in [3.05, 3.63) is 89.5 Å². The molecule has 0 aromatic heterocycles. The molecule has 3 N–H and O–H groups in total. The fourth-order valence-corrected chi connectivity index (χ4v) is 4.29. The van der Waals surface area contributed by atoms with Crippen molar-refractivity contribution < 1.29 is 24.2 Å². The molecule has 7 heteroatoms. The Kier molecular flexibility index (Phi) is 6.92. The molecule has 0 fully saturated rings. The molecule has 0 bridgehead atoms. The first-order valence-corrected chi connectivity index (χ1v) is 11.1. The van der Waals surface area contributed by atoms with Crippen LogP contribution in [0.2, 0.25) is 0 Å². The van der Waals surface area contributed by atoms with E-state index in [1.54, 1.807) is 12.1 Å². The van der Waals surface area contributed by atoms with Gasteiger partial charge in [-0.15, -0.1) is 0 Å². The van der Waals surface area contributed by atoms with Crippen molar-refractivity contribution in [1.29, 1.82) is 0 Å². The van der Waals surface area contributed by atoms with Crippen molar-refractivity contribution in [2.75, 3.05) is 18.5 Å². The number of carboxylic acid groups (broad SMARTS) is 1. The number of amides is 2. The average molecular weight is 459 g/mol. The van der Waals surface area contributed by atoms with Crippen LogP contribution < -0.4 is 10.6 Å². The lowest BCUT2D eigenvalue weighted by atomic mass is 9.97. The zero-order valence-electron chi connectivity index (χ0n) is 18.8. The molecule has 0 spiro atoms.